The third-order valence-corrected chi connectivity index (χ3v) is 4.14. The zero-order valence-electron chi connectivity index (χ0n) is 16.2. The van der Waals surface area contributed by atoms with E-state index in [1.807, 2.05) is 63.2 Å². The van der Waals surface area contributed by atoms with E-state index in [1.165, 1.54) is 6.21 Å². The van der Waals surface area contributed by atoms with Crippen molar-refractivity contribution in [3.63, 3.8) is 0 Å². The lowest BCUT2D eigenvalue weighted by Crippen LogP contribution is -2.20. The van der Waals surface area contributed by atoms with Crippen LogP contribution < -0.4 is 15.5 Å². The van der Waals surface area contributed by atoms with Gasteiger partial charge in [0.15, 0.2) is 0 Å². The summed E-state index contributed by atoms with van der Waals surface area (Å²) in [6.07, 6.45) is 1.67. The van der Waals surface area contributed by atoms with Gasteiger partial charge in [-0.3, -0.25) is 9.59 Å². The SMILES string of the molecule is Cc1ccc(NC(=O)CCC(=O)NN=Cc2cc(Br)ccc2OC(C)C)cc1. The molecule has 0 spiro atoms. The maximum absolute atomic E-state index is 11.9. The van der Waals surface area contributed by atoms with Gasteiger partial charge >= 0.3 is 0 Å². The van der Waals surface area contributed by atoms with E-state index in [0.717, 1.165) is 15.6 Å². The minimum absolute atomic E-state index is 0.0231. The summed E-state index contributed by atoms with van der Waals surface area (Å²) in [5, 5.41) is 6.72. The Hall–Kier alpha value is -2.67. The van der Waals surface area contributed by atoms with Crippen LogP contribution in [0, 0.1) is 6.92 Å². The zero-order chi connectivity index (χ0) is 20.5. The molecule has 7 heteroatoms. The molecule has 0 bridgehead atoms. The van der Waals surface area contributed by atoms with Crippen molar-refractivity contribution in [3.8, 4) is 5.75 Å². The van der Waals surface area contributed by atoms with Crippen LogP contribution in [0.15, 0.2) is 52.0 Å². The van der Waals surface area contributed by atoms with Gasteiger partial charge < -0.3 is 10.1 Å². The van der Waals surface area contributed by atoms with Gasteiger partial charge in [0.2, 0.25) is 11.8 Å². The quantitative estimate of drug-likeness (QED) is 0.466. The lowest BCUT2D eigenvalue weighted by atomic mass is 10.2. The van der Waals surface area contributed by atoms with Gasteiger partial charge in [-0.15, -0.1) is 0 Å². The van der Waals surface area contributed by atoms with Gasteiger partial charge in [0.1, 0.15) is 5.75 Å². The summed E-state index contributed by atoms with van der Waals surface area (Å²) in [4.78, 5) is 23.8. The molecule has 0 aliphatic rings. The average Bonchev–Trinajstić information content (AvgIpc) is 2.64. The van der Waals surface area contributed by atoms with E-state index in [0.29, 0.717) is 11.4 Å². The first-order chi connectivity index (χ1) is 13.3. The number of ether oxygens (including phenoxy) is 1. The van der Waals surface area contributed by atoms with Crippen LogP contribution in [-0.4, -0.2) is 24.1 Å². The molecule has 2 amide bonds. The number of aryl methyl sites for hydroxylation is 1. The number of rotatable bonds is 8. The molecular formula is C21H24BrN3O3. The highest BCUT2D eigenvalue weighted by Gasteiger charge is 2.08. The fraction of sp³-hybridized carbons (Fsp3) is 0.286. The molecule has 148 valence electrons. The first-order valence-electron chi connectivity index (χ1n) is 8.98. The second-order valence-corrected chi connectivity index (χ2v) is 7.47. The normalized spacial score (nSPS) is 10.9. The molecule has 0 aromatic heterocycles. The van der Waals surface area contributed by atoms with Crippen molar-refractivity contribution >= 4 is 39.6 Å². The molecule has 0 atom stereocenters. The molecule has 2 N–H and O–H groups in total. The average molecular weight is 446 g/mol. The number of benzene rings is 2. The van der Waals surface area contributed by atoms with E-state index in [-0.39, 0.29) is 30.8 Å². The van der Waals surface area contributed by atoms with Gasteiger partial charge in [0, 0.05) is 28.6 Å². The highest BCUT2D eigenvalue weighted by atomic mass is 79.9. The highest BCUT2D eigenvalue weighted by molar-refractivity contribution is 9.10. The van der Waals surface area contributed by atoms with E-state index in [4.69, 9.17) is 4.74 Å². The molecule has 28 heavy (non-hydrogen) atoms. The third kappa shape index (κ3) is 7.52. The number of halogens is 1. The van der Waals surface area contributed by atoms with Crippen molar-refractivity contribution in [2.75, 3.05) is 5.32 Å². The Morgan fingerprint density at radius 1 is 1.11 bits per heavy atom. The number of nitrogens with one attached hydrogen (secondary N) is 2. The maximum Gasteiger partial charge on any atom is 0.240 e. The van der Waals surface area contributed by atoms with Crippen LogP contribution >= 0.6 is 15.9 Å². The van der Waals surface area contributed by atoms with E-state index >= 15 is 0 Å². The smallest absolute Gasteiger partial charge is 0.240 e. The lowest BCUT2D eigenvalue weighted by Gasteiger charge is -2.12. The summed E-state index contributed by atoms with van der Waals surface area (Å²) in [6, 6.07) is 13.0. The third-order valence-electron chi connectivity index (χ3n) is 3.64. The second kappa shape index (κ2) is 10.6. The first-order valence-corrected chi connectivity index (χ1v) is 9.77. The summed E-state index contributed by atoms with van der Waals surface area (Å²) in [6.45, 7) is 5.85. The zero-order valence-corrected chi connectivity index (χ0v) is 17.7. The van der Waals surface area contributed by atoms with Crippen molar-refractivity contribution in [1.29, 1.82) is 0 Å². The molecule has 0 aliphatic heterocycles. The minimum Gasteiger partial charge on any atom is -0.490 e. The van der Waals surface area contributed by atoms with Crippen molar-refractivity contribution in [3.05, 3.63) is 58.1 Å². The number of nitrogens with zero attached hydrogens (tertiary/aromatic N) is 1. The number of hydrazone groups is 1. The molecule has 2 aromatic rings. The first kappa shape index (κ1) is 21.6. The largest absolute Gasteiger partial charge is 0.490 e. The lowest BCUT2D eigenvalue weighted by molar-refractivity contribution is -0.124. The fourth-order valence-corrected chi connectivity index (χ4v) is 2.68. The summed E-state index contributed by atoms with van der Waals surface area (Å²) in [7, 11) is 0. The minimum atomic E-state index is -0.336. The molecule has 2 aromatic carbocycles. The van der Waals surface area contributed by atoms with Gasteiger partial charge in [-0.2, -0.15) is 5.10 Å². The van der Waals surface area contributed by atoms with Crippen LogP contribution in [0.5, 0.6) is 5.75 Å². The Bertz CT molecular complexity index is 848. The number of carbonyl (C=O) groups is 2. The molecule has 0 saturated carbocycles. The highest BCUT2D eigenvalue weighted by Crippen LogP contribution is 2.22. The molecule has 0 heterocycles. The van der Waals surface area contributed by atoms with Crippen LogP contribution in [0.25, 0.3) is 0 Å². The predicted octanol–water partition coefficient (Wildman–Crippen LogP) is 4.41. The fourth-order valence-electron chi connectivity index (χ4n) is 2.30. The Labute approximate surface area is 173 Å². The molecule has 0 saturated heterocycles. The van der Waals surface area contributed by atoms with Gasteiger partial charge in [-0.05, 0) is 51.1 Å². The second-order valence-electron chi connectivity index (χ2n) is 6.56. The van der Waals surface area contributed by atoms with E-state index in [9.17, 15) is 9.59 Å². The van der Waals surface area contributed by atoms with Crippen LogP contribution in [-0.2, 0) is 9.59 Å². The summed E-state index contributed by atoms with van der Waals surface area (Å²) in [5.41, 5.74) is 5.00. The van der Waals surface area contributed by atoms with E-state index in [1.54, 1.807) is 0 Å². The molecule has 6 nitrogen and oxygen atoms in total. The molecule has 0 fully saturated rings. The summed E-state index contributed by atoms with van der Waals surface area (Å²) >= 11 is 3.41. The van der Waals surface area contributed by atoms with Crippen LogP contribution in [0.3, 0.4) is 0 Å². The van der Waals surface area contributed by atoms with Crippen molar-refractivity contribution in [2.24, 2.45) is 5.10 Å². The van der Waals surface area contributed by atoms with E-state index < -0.39 is 0 Å². The maximum atomic E-state index is 11.9. The summed E-state index contributed by atoms with van der Waals surface area (Å²) in [5.74, 6) is 0.118. The van der Waals surface area contributed by atoms with Crippen molar-refractivity contribution < 1.29 is 14.3 Å². The van der Waals surface area contributed by atoms with Crippen LogP contribution in [0.1, 0.15) is 37.8 Å². The van der Waals surface area contributed by atoms with Crippen LogP contribution in [0.4, 0.5) is 5.69 Å². The topological polar surface area (TPSA) is 79.8 Å². The van der Waals surface area contributed by atoms with Crippen LogP contribution in [0.2, 0.25) is 0 Å². The molecule has 2 rings (SSSR count). The molecule has 0 aliphatic carbocycles. The van der Waals surface area contributed by atoms with Crippen molar-refractivity contribution in [1.82, 2.24) is 5.43 Å². The van der Waals surface area contributed by atoms with Gasteiger partial charge in [-0.25, -0.2) is 5.43 Å². The Morgan fingerprint density at radius 3 is 2.46 bits per heavy atom. The van der Waals surface area contributed by atoms with Gasteiger partial charge in [-0.1, -0.05) is 33.6 Å². The Balaban J connectivity index is 1.82. The Kier molecular flexibility index (Phi) is 8.19. The van der Waals surface area contributed by atoms with E-state index in [2.05, 4.69) is 31.8 Å². The molecule has 0 unspecified atom stereocenters. The van der Waals surface area contributed by atoms with Crippen molar-refractivity contribution in [2.45, 2.75) is 39.7 Å². The standard InChI is InChI=1S/C21H24BrN3O3/c1-14(2)28-19-9-6-17(22)12-16(19)13-23-25-21(27)11-10-20(26)24-18-7-4-15(3)5-8-18/h4-9,12-14H,10-11H2,1-3H3,(H,24,26)(H,25,27). The predicted molar refractivity (Wildman–Crippen MR) is 115 cm³/mol. The number of hydrogen-bond acceptors (Lipinski definition) is 4. The number of amides is 2. The monoisotopic (exact) mass is 445 g/mol. The summed E-state index contributed by atoms with van der Waals surface area (Å²) < 4.78 is 6.60. The van der Waals surface area contributed by atoms with Gasteiger partial charge in [0.05, 0.1) is 12.3 Å². The number of hydrogen-bond donors (Lipinski definition) is 2. The molecular weight excluding hydrogens is 422 g/mol. The Morgan fingerprint density at radius 2 is 1.79 bits per heavy atom. The van der Waals surface area contributed by atoms with Gasteiger partial charge in [0.25, 0.3) is 0 Å². The number of anilines is 1. The molecule has 0 radical (unpaired) electrons. The number of carbonyl (C=O) groups excluding carboxylic acids is 2.